The van der Waals surface area contributed by atoms with E-state index >= 15 is 0 Å². The second kappa shape index (κ2) is 32.1. The van der Waals surface area contributed by atoms with Crippen molar-refractivity contribution in [2.24, 2.45) is 0 Å². The largest absolute Gasteiger partial charge is 1.00 e. The Morgan fingerprint density at radius 2 is 0.521 bits per heavy atom. The van der Waals surface area contributed by atoms with Crippen molar-refractivity contribution in [2.45, 2.75) is 284 Å². The third-order valence-corrected chi connectivity index (χ3v) is 12.9. The molecule has 0 atom stereocenters. The van der Waals surface area contributed by atoms with E-state index in [4.69, 9.17) is 0 Å². The molecular formula is C46H94BrN. The van der Waals surface area contributed by atoms with E-state index in [2.05, 4.69) is 41.5 Å². The van der Waals surface area contributed by atoms with E-state index in [1.165, 1.54) is 249 Å². The van der Waals surface area contributed by atoms with Gasteiger partial charge in [-0.05, 0) is 66.2 Å². The Balaban J connectivity index is 0.0000221. The molecular weight excluding hydrogens is 646 g/mol. The molecule has 1 fully saturated rings. The van der Waals surface area contributed by atoms with E-state index in [-0.39, 0.29) is 17.0 Å². The van der Waals surface area contributed by atoms with Crippen molar-refractivity contribution in [3.05, 3.63) is 0 Å². The average molecular weight is 741 g/mol. The summed E-state index contributed by atoms with van der Waals surface area (Å²) >= 11 is 0. The van der Waals surface area contributed by atoms with Crippen LogP contribution in [0.5, 0.6) is 0 Å². The smallest absolute Gasteiger partial charge is 0.0939 e. The van der Waals surface area contributed by atoms with Crippen LogP contribution >= 0.6 is 0 Å². The fourth-order valence-corrected chi connectivity index (χ4v) is 9.54. The minimum Gasteiger partial charge on any atom is -1.00 e. The number of hydrogen-bond donors (Lipinski definition) is 0. The predicted octanol–water partition coefficient (Wildman–Crippen LogP) is 13.5. The second-order valence-electron chi connectivity index (χ2n) is 17.9. The molecule has 0 bridgehead atoms. The number of quaternary nitrogens is 1. The first-order valence-corrected chi connectivity index (χ1v) is 22.7. The Morgan fingerprint density at radius 1 is 0.312 bits per heavy atom. The molecule has 0 unspecified atom stereocenters. The van der Waals surface area contributed by atoms with Crippen LogP contribution < -0.4 is 17.0 Å². The van der Waals surface area contributed by atoms with Crippen molar-refractivity contribution in [3.8, 4) is 0 Å². The molecule has 1 heterocycles. The van der Waals surface area contributed by atoms with Crippen LogP contribution in [-0.4, -0.2) is 28.7 Å². The Kier molecular flexibility index (Phi) is 32.4. The topological polar surface area (TPSA) is 0 Å². The van der Waals surface area contributed by atoms with Crippen LogP contribution in [0.1, 0.15) is 273 Å². The molecule has 0 spiro atoms. The van der Waals surface area contributed by atoms with Gasteiger partial charge in [0.1, 0.15) is 0 Å². The third kappa shape index (κ3) is 22.4. The molecule has 0 radical (unpaired) electrons. The molecule has 1 aliphatic rings. The van der Waals surface area contributed by atoms with Gasteiger partial charge in [-0.1, -0.05) is 194 Å². The normalized spacial score (nSPS) is 16.4. The van der Waals surface area contributed by atoms with Crippen molar-refractivity contribution in [2.75, 3.05) is 13.1 Å². The predicted molar refractivity (Wildman–Crippen MR) is 216 cm³/mol. The van der Waals surface area contributed by atoms with Gasteiger partial charge in [0.05, 0.1) is 24.2 Å². The fourth-order valence-electron chi connectivity index (χ4n) is 9.54. The van der Waals surface area contributed by atoms with E-state index < -0.39 is 0 Å². The van der Waals surface area contributed by atoms with Gasteiger partial charge in [0.2, 0.25) is 0 Å². The van der Waals surface area contributed by atoms with Gasteiger partial charge in [-0.25, -0.2) is 0 Å². The summed E-state index contributed by atoms with van der Waals surface area (Å²) < 4.78 is 1.40. The van der Waals surface area contributed by atoms with Crippen LogP contribution in [0.3, 0.4) is 0 Å². The summed E-state index contributed by atoms with van der Waals surface area (Å²) in [5, 5.41) is 0. The molecule has 1 nitrogen and oxygen atoms in total. The van der Waals surface area contributed by atoms with E-state index in [0.717, 1.165) is 0 Å². The summed E-state index contributed by atoms with van der Waals surface area (Å²) in [5.74, 6) is 0. The van der Waals surface area contributed by atoms with Crippen molar-refractivity contribution in [1.29, 1.82) is 0 Å². The number of halogens is 1. The summed E-state index contributed by atoms with van der Waals surface area (Å²) in [6.07, 6.45) is 52.5. The van der Waals surface area contributed by atoms with E-state index in [1.807, 2.05) is 0 Å². The maximum Gasteiger partial charge on any atom is 0.0939 e. The minimum absolute atomic E-state index is 0. The van der Waals surface area contributed by atoms with Crippen LogP contribution in [0.2, 0.25) is 0 Å². The summed E-state index contributed by atoms with van der Waals surface area (Å²) in [6, 6.07) is 0. The van der Waals surface area contributed by atoms with Crippen LogP contribution in [-0.2, 0) is 0 Å². The van der Waals surface area contributed by atoms with Crippen LogP contribution in [0.15, 0.2) is 0 Å². The monoisotopic (exact) mass is 740 g/mol. The third-order valence-electron chi connectivity index (χ3n) is 12.9. The Labute approximate surface area is 317 Å². The molecule has 0 aromatic carbocycles. The summed E-state index contributed by atoms with van der Waals surface area (Å²) in [4.78, 5) is 0. The molecule has 2 heteroatoms. The van der Waals surface area contributed by atoms with Gasteiger partial charge in [0.15, 0.2) is 0 Å². The number of nitrogens with zero attached hydrogens (tertiary/aromatic N) is 1. The van der Waals surface area contributed by atoms with Crippen LogP contribution in [0, 0.1) is 0 Å². The van der Waals surface area contributed by atoms with Gasteiger partial charge in [0, 0.05) is 12.8 Å². The van der Waals surface area contributed by atoms with Gasteiger partial charge in [-0.2, -0.15) is 0 Å². The summed E-state index contributed by atoms with van der Waals surface area (Å²) in [6.45, 7) is 18.3. The highest BCUT2D eigenvalue weighted by molar-refractivity contribution is 4.82. The minimum atomic E-state index is 0. The van der Waals surface area contributed by atoms with Gasteiger partial charge in [-0.3, -0.25) is 0 Å². The summed E-state index contributed by atoms with van der Waals surface area (Å²) in [7, 11) is 0. The standard InChI is InChI=1S/C46H94N.BrH/c1-7-9-11-13-15-17-19-21-23-25-29-33-37-41-45(3,4)47(43-39-35-31-27-28-32-36-40-44-47)46(5,6)42-38-34-30-26-24-22-20-18-16-14-12-10-8-2;/h7-44H2,1-6H3;1H/q+1;/p-1. The molecule has 48 heavy (non-hydrogen) atoms. The second-order valence-corrected chi connectivity index (χ2v) is 17.9. The molecule has 0 aromatic heterocycles. The Hall–Kier alpha value is 0.440. The van der Waals surface area contributed by atoms with Gasteiger partial charge in [0.25, 0.3) is 0 Å². The van der Waals surface area contributed by atoms with Gasteiger partial charge >= 0.3 is 0 Å². The first-order chi connectivity index (χ1) is 22.8. The zero-order valence-electron chi connectivity index (χ0n) is 34.7. The zero-order valence-corrected chi connectivity index (χ0v) is 36.3. The van der Waals surface area contributed by atoms with Crippen molar-refractivity contribution < 1.29 is 21.5 Å². The lowest BCUT2D eigenvalue weighted by Crippen LogP contribution is -3.00. The van der Waals surface area contributed by atoms with Crippen molar-refractivity contribution in [1.82, 2.24) is 0 Å². The van der Waals surface area contributed by atoms with E-state index in [9.17, 15) is 0 Å². The van der Waals surface area contributed by atoms with E-state index in [0.29, 0.717) is 11.1 Å². The highest BCUT2D eigenvalue weighted by atomic mass is 79.9. The first kappa shape index (κ1) is 48.4. The van der Waals surface area contributed by atoms with Crippen LogP contribution in [0.25, 0.3) is 0 Å². The molecule has 0 aliphatic carbocycles. The highest BCUT2D eigenvalue weighted by Gasteiger charge is 2.52. The molecule has 1 saturated heterocycles. The molecule has 0 aromatic rings. The molecule has 1 aliphatic heterocycles. The number of hydrogen-bond acceptors (Lipinski definition) is 0. The molecule has 0 saturated carbocycles. The SMILES string of the molecule is CCCCCCCCCCCCCCCC(C)(C)[N+]1(C(C)(C)CCCCCCCCCCCCCCC)CCCCCCCCCC1.[Br-]. The quantitative estimate of drug-likeness (QED) is 0.0508. The number of unbranched alkanes of at least 4 members (excludes halogenated alkanes) is 24. The first-order valence-electron chi connectivity index (χ1n) is 22.7. The van der Waals surface area contributed by atoms with Crippen LogP contribution in [0.4, 0.5) is 0 Å². The molecule has 0 amide bonds. The number of rotatable bonds is 30. The fraction of sp³-hybridized carbons (Fsp3) is 1.00. The van der Waals surface area contributed by atoms with Crippen molar-refractivity contribution in [3.63, 3.8) is 0 Å². The lowest BCUT2D eigenvalue weighted by molar-refractivity contribution is -1.01. The summed E-state index contributed by atoms with van der Waals surface area (Å²) in [5.41, 5.74) is 0.762. The lowest BCUT2D eigenvalue weighted by atomic mass is 9.80. The Bertz CT molecular complexity index is 598. The van der Waals surface area contributed by atoms with Gasteiger partial charge < -0.3 is 21.5 Å². The van der Waals surface area contributed by atoms with E-state index in [1.54, 1.807) is 0 Å². The zero-order chi connectivity index (χ0) is 34.4. The van der Waals surface area contributed by atoms with Gasteiger partial charge in [-0.15, -0.1) is 0 Å². The maximum absolute atomic E-state index is 2.71. The molecule has 290 valence electrons. The Morgan fingerprint density at radius 3 is 0.771 bits per heavy atom. The highest BCUT2D eigenvalue weighted by Crippen LogP contribution is 2.43. The maximum atomic E-state index is 2.71. The van der Waals surface area contributed by atoms with Crippen molar-refractivity contribution >= 4 is 0 Å². The lowest BCUT2D eigenvalue weighted by Gasteiger charge is -2.60. The molecule has 1 rings (SSSR count). The average Bonchev–Trinajstić information content (AvgIpc) is 3.11. The molecule has 0 N–H and O–H groups in total.